The van der Waals surface area contributed by atoms with Crippen molar-refractivity contribution in [1.29, 1.82) is 0 Å². The van der Waals surface area contributed by atoms with Crippen molar-refractivity contribution in [2.24, 2.45) is 208 Å². The first-order chi connectivity index (χ1) is 45.7. The Morgan fingerprint density at radius 1 is 0.320 bits per heavy atom. The molecule has 20 aliphatic carbocycles. The SMILES string of the molecule is CC1(C)/C(=N\O)[C@@H]2CC[C@H]1C2.CC1(C)C(=O)[C@@H]2CC[C@H]1C2.CC1(C)[C@@H]2CC[C@@H](C2)[C@@H]1N.CC1(C)[C@H]2CC[C@H](C2)[C@H]1N.CC1(C)[C@H]2CC[C@H](C2)[C@H]1N.C[C@@H]1[C@@H]2CC[C@@H](C2)C1(C)C.C[C@@H]1[C@@H]2CC[C@@H](C2)C1(C)C.C[C@H]1C(=O)[C@@H]2CC[C@H]1C2.C[C@H]1[C@H]2CC[C@H](C2)C1(C)C.Cl.Cl.O=C1C[C@H]2CC[C@@H]1C2. The molecule has 10 heteroatoms. The fraction of sp³-hybridized carbons (Fsp3) is 0.956. The monoisotopic (exact) mass is 1430 g/mol. The molecule has 0 heterocycles. The summed E-state index contributed by atoms with van der Waals surface area (Å²) in [6.07, 6.45) is 42.3. The van der Waals surface area contributed by atoms with Crippen molar-refractivity contribution in [3.8, 4) is 0 Å². The summed E-state index contributed by atoms with van der Waals surface area (Å²) in [5.74, 6) is 21.9. The standard InChI is InChI=1S/3C10H18.C9H15NO.3C9H17N.C9H14O.C8H12O.C7H10O.2ClH/c3*1-7-8-4-5-9(6-8)10(7,2)3;1-9(2)7-4-3-6(5-7)8(9)10-11;4*1-9(2)7-4-3-6(5-7)8(9)10;1-5-6-2-3-7(4-6)8(5)9;8-7-4-5-1-2-6(7)3-5;;/h3*7-9H,4-6H2,1-3H3;6-7,11H,3-5H2,1-2H3;3*6-8H,3-5,10H2,1-2H3;6-7H,3-5H2,1-2H3;5-7H,2-4H2,1H3;5-6H,1-4H2;2*1H/b;;;10-8-;;;;;;;;/t3*7-,8-,9+;6-,7+;3*6-,7+,8-;6-,7+;5-,6+,7-;5-,6+;;/m1101110110../s1. The van der Waals surface area contributed by atoms with Crippen molar-refractivity contribution < 1.29 is 19.6 Å². The van der Waals surface area contributed by atoms with Gasteiger partial charge in [0.1, 0.15) is 17.3 Å². The maximum Gasteiger partial charge on any atom is 0.141 e. The lowest BCUT2D eigenvalue weighted by Gasteiger charge is -2.35. The van der Waals surface area contributed by atoms with Crippen molar-refractivity contribution in [1.82, 2.24) is 0 Å². The van der Waals surface area contributed by atoms with Crippen molar-refractivity contribution in [3.05, 3.63) is 0 Å². The van der Waals surface area contributed by atoms with E-state index in [2.05, 4.69) is 144 Å². The van der Waals surface area contributed by atoms with Gasteiger partial charge in [-0.1, -0.05) is 144 Å². The second kappa shape index (κ2) is 31.1. The van der Waals surface area contributed by atoms with Gasteiger partial charge in [-0.05, 0) is 338 Å². The summed E-state index contributed by atoms with van der Waals surface area (Å²) >= 11 is 0. The zero-order chi connectivity index (χ0) is 71.5. The van der Waals surface area contributed by atoms with E-state index in [9.17, 15) is 14.4 Å². The van der Waals surface area contributed by atoms with Crippen LogP contribution in [0.15, 0.2) is 5.16 Å². The zero-order valence-electron chi connectivity index (χ0n) is 68.2. The van der Waals surface area contributed by atoms with Crippen LogP contribution in [0.2, 0.25) is 0 Å². The highest BCUT2D eigenvalue weighted by atomic mass is 35.5. The molecule has 0 saturated heterocycles. The maximum absolute atomic E-state index is 11.5. The molecule has 8 nitrogen and oxygen atoms in total. The fourth-order valence-electron chi connectivity index (χ4n) is 27.8. The maximum atomic E-state index is 11.5. The Bertz CT molecular complexity index is 2510. The Labute approximate surface area is 627 Å². The van der Waals surface area contributed by atoms with Crippen LogP contribution in [0, 0.1) is 185 Å². The highest BCUT2D eigenvalue weighted by molar-refractivity contribution is 5.94. The predicted octanol–water partition coefficient (Wildman–Crippen LogP) is 22.7. The number of hydrogen-bond acceptors (Lipinski definition) is 8. The minimum Gasteiger partial charge on any atom is -0.411 e. The summed E-state index contributed by atoms with van der Waals surface area (Å²) in [7, 11) is 0. The Morgan fingerprint density at radius 2 is 0.630 bits per heavy atom. The summed E-state index contributed by atoms with van der Waals surface area (Å²) in [5.41, 5.74) is 22.9. The molecular formula is C90H158Cl2N4O4. The van der Waals surface area contributed by atoms with E-state index < -0.39 is 0 Å². The third kappa shape index (κ3) is 15.6. The second-order valence-electron chi connectivity index (χ2n) is 43.7. The number of halogens is 2. The van der Waals surface area contributed by atoms with E-state index in [-0.39, 0.29) is 35.6 Å². The topological polar surface area (TPSA) is 162 Å². The fourth-order valence-corrected chi connectivity index (χ4v) is 27.8. The summed E-state index contributed by atoms with van der Waals surface area (Å²) in [6.45, 7) is 46.8. The van der Waals surface area contributed by atoms with Gasteiger partial charge in [0.25, 0.3) is 0 Å². The number of rotatable bonds is 0. The first-order valence-electron chi connectivity index (χ1n) is 42.8. The summed E-state index contributed by atoms with van der Waals surface area (Å²) < 4.78 is 0. The highest BCUT2D eigenvalue weighted by Gasteiger charge is 2.57. The van der Waals surface area contributed by atoms with Crippen LogP contribution in [0.25, 0.3) is 0 Å². The van der Waals surface area contributed by atoms with Gasteiger partial charge in [0.15, 0.2) is 0 Å². The molecular weight excluding hydrogens is 1270 g/mol. The molecule has 576 valence electrons. The molecule has 0 aromatic heterocycles. The van der Waals surface area contributed by atoms with E-state index in [1.807, 2.05) is 0 Å². The van der Waals surface area contributed by atoms with Crippen LogP contribution in [-0.4, -0.2) is 46.4 Å². The molecule has 20 fully saturated rings. The minimum atomic E-state index is 0. The molecule has 0 radical (unpaired) electrons. The Morgan fingerprint density at radius 3 is 0.790 bits per heavy atom. The van der Waals surface area contributed by atoms with Crippen LogP contribution in [0.1, 0.15) is 338 Å². The second-order valence-corrected chi connectivity index (χ2v) is 43.7. The third-order valence-electron chi connectivity index (χ3n) is 37.5. The van der Waals surface area contributed by atoms with Gasteiger partial charge < -0.3 is 22.4 Å². The quantitative estimate of drug-likeness (QED) is 0.139. The first kappa shape index (κ1) is 83.0. The Balaban J connectivity index is 0.000000129. The number of carbonyl (C=O) groups is 3. The van der Waals surface area contributed by atoms with Crippen LogP contribution in [0.4, 0.5) is 0 Å². The van der Waals surface area contributed by atoms with Gasteiger partial charge in [0.2, 0.25) is 0 Å². The average molecular weight is 1430 g/mol. The average Bonchev–Trinajstić information content (AvgIpc) is 1.63. The summed E-state index contributed by atoms with van der Waals surface area (Å²) in [6, 6.07) is 1.48. The van der Waals surface area contributed by atoms with E-state index >= 15 is 0 Å². The molecule has 20 bridgehead atoms. The van der Waals surface area contributed by atoms with Gasteiger partial charge in [-0.2, -0.15) is 0 Å². The molecule has 7 N–H and O–H groups in total. The number of hydrogen-bond donors (Lipinski definition) is 4. The lowest BCUT2D eigenvalue weighted by atomic mass is 9.70. The van der Waals surface area contributed by atoms with Crippen LogP contribution in [0.5, 0.6) is 0 Å². The number of carbonyl (C=O) groups excluding carboxylic acids is 3. The normalized spacial score (nSPS) is 47.0. The Hall–Kier alpha value is -1.06. The van der Waals surface area contributed by atoms with E-state index in [0.29, 0.717) is 103 Å². The molecule has 0 aromatic rings. The molecule has 0 unspecified atom stereocenters. The first-order valence-corrected chi connectivity index (χ1v) is 42.8. The van der Waals surface area contributed by atoms with Crippen LogP contribution in [-0.2, 0) is 14.4 Å². The van der Waals surface area contributed by atoms with Gasteiger partial charge in [-0.25, -0.2) is 0 Å². The van der Waals surface area contributed by atoms with Gasteiger partial charge in [0, 0.05) is 65.0 Å². The minimum absolute atomic E-state index is 0. The largest absolute Gasteiger partial charge is 0.411 e. The molecule has 0 amide bonds. The van der Waals surface area contributed by atoms with Crippen LogP contribution in [0.3, 0.4) is 0 Å². The number of oxime groups is 1. The van der Waals surface area contributed by atoms with E-state index in [1.165, 1.54) is 193 Å². The molecule has 100 heavy (non-hydrogen) atoms. The number of nitrogens with zero attached hydrogens (tertiary/aromatic N) is 1. The lowest BCUT2D eigenvalue weighted by molar-refractivity contribution is -0.130. The van der Waals surface area contributed by atoms with Gasteiger partial charge >= 0.3 is 0 Å². The molecule has 0 aliphatic heterocycles. The summed E-state index contributed by atoms with van der Waals surface area (Å²) in [5, 5.41) is 12.3. The third-order valence-corrected chi connectivity index (χ3v) is 37.5. The molecule has 0 aromatic carbocycles. The predicted molar refractivity (Wildman–Crippen MR) is 422 cm³/mol. The van der Waals surface area contributed by atoms with Gasteiger partial charge in [-0.3, -0.25) is 14.4 Å². The van der Waals surface area contributed by atoms with E-state index in [4.69, 9.17) is 22.4 Å². The molecule has 27 atom stereocenters. The number of Topliss-reactive ketones (excluding diaryl/α,β-unsaturated/α-hetero) is 3. The van der Waals surface area contributed by atoms with Crippen molar-refractivity contribution in [2.45, 2.75) is 356 Å². The summed E-state index contributed by atoms with van der Waals surface area (Å²) in [4.78, 5) is 33.5. The molecule has 20 aliphatic rings. The number of nitrogens with two attached hydrogens (primary N) is 3. The lowest BCUT2D eigenvalue weighted by Crippen LogP contribution is -2.42. The highest BCUT2D eigenvalue weighted by Crippen LogP contribution is 2.63. The molecule has 20 rings (SSSR count). The van der Waals surface area contributed by atoms with E-state index in [0.717, 1.165) is 119 Å². The molecule has 20 saturated carbocycles. The molecule has 0 spiro atoms. The van der Waals surface area contributed by atoms with Crippen molar-refractivity contribution in [3.63, 3.8) is 0 Å². The van der Waals surface area contributed by atoms with Gasteiger partial charge in [-0.15, -0.1) is 24.8 Å². The van der Waals surface area contributed by atoms with Crippen molar-refractivity contribution in [2.75, 3.05) is 0 Å². The van der Waals surface area contributed by atoms with Crippen LogP contribution >= 0.6 is 24.8 Å². The van der Waals surface area contributed by atoms with Crippen LogP contribution < -0.4 is 17.2 Å². The zero-order valence-corrected chi connectivity index (χ0v) is 69.8. The van der Waals surface area contributed by atoms with Gasteiger partial charge in [0.05, 0.1) is 5.71 Å². The van der Waals surface area contributed by atoms with Crippen molar-refractivity contribution >= 4 is 47.9 Å². The number of fused-ring (bicyclic) bond motifs is 20. The Kier molecular flexibility index (Phi) is 25.8. The number of ketones is 3. The smallest absolute Gasteiger partial charge is 0.141 e. The van der Waals surface area contributed by atoms with E-state index in [1.54, 1.807) is 0 Å².